The highest BCUT2D eigenvalue weighted by molar-refractivity contribution is 6.30. The third-order valence-corrected chi connectivity index (χ3v) is 5.92. The quantitative estimate of drug-likeness (QED) is 0.203. The van der Waals surface area contributed by atoms with Crippen molar-refractivity contribution in [1.29, 1.82) is 0 Å². The van der Waals surface area contributed by atoms with Crippen LogP contribution in [0.25, 0.3) is 0 Å². The van der Waals surface area contributed by atoms with E-state index in [4.69, 9.17) is 11.6 Å². The molecule has 1 aliphatic rings. The minimum Gasteiger partial charge on any atom is -0.391 e. The van der Waals surface area contributed by atoms with Crippen molar-refractivity contribution in [1.82, 2.24) is 16.0 Å². The Kier molecular flexibility index (Phi) is 24.1. The van der Waals surface area contributed by atoms with Crippen molar-refractivity contribution in [3.8, 4) is 12.8 Å². The first-order valence-corrected chi connectivity index (χ1v) is 13.8. The van der Waals surface area contributed by atoms with Gasteiger partial charge < -0.3 is 16.0 Å². The Labute approximate surface area is 226 Å². The zero-order valence-corrected chi connectivity index (χ0v) is 24.3. The lowest BCUT2D eigenvalue weighted by Crippen LogP contribution is -2.24. The maximum absolute atomic E-state index is 12.4. The summed E-state index contributed by atoms with van der Waals surface area (Å²) >= 11 is 5.88. The van der Waals surface area contributed by atoms with Crippen LogP contribution in [-0.4, -0.2) is 24.9 Å². The zero-order chi connectivity index (χ0) is 27.8. The van der Waals surface area contributed by atoms with Crippen LogP contribution in [0, 0.1) is 12.8 Å². The number of allylic oxidation sites excluding steroid dienone is 1. The molecule has 36 heavy (non-hydrogen) atoms. The van der Waals surface area contributed by atoms with Crippen molar-refractivity contribution in [3.05, 3.63) is 46.1 Å². The Morgan fingerprint density at radius 2 is 1.69 bits per heavy atom. The molecule has 5 nitrogen and oxygen atoms in total. The van der Waals surface area contributed by atoms with Gasteiger partial charge in [0.05, 0.1) is 0 Å². The maximum atomic E-state index is 12.4. The van der Waals surface area contributed by atoms with Gasteiger partial charge >= 0.3 is 0 Å². The average Bonchev–Trinajstić information content (AvgIpc) is 3.34. The topological polar surface area (TPSA) is 70.2 Å². The van der Waals surface area contributed by atoms with Crippen molar-refractivity contribution < 1.29 is 9.59 Å². The fraction of sp³-hybridized carbons (Fsp3) is 0.600. The van der Waals surface area contributed by atoms with Crippen LogP contribution >= 0.6 is 11.6 Å². The Balaban J connectivity index is 0. The lowest BCUT2D eigenvalue weighted by molar-refractivity contribution is -0.121. The van der Waals surface area contributed by atoms with Gasteiger partial charge in [-0.3, -0.25) is 9.59 Å². The molecule has 0 bridgehead atoms. The molecule has 1 aliphatic heterocycles. The molecule has 2 amide bonds. The van der Waals surface area contributed by atoms with Crippen LogP contribution in [0.3, 0.4) is 0 Å². The van der Waals surface area contributed by atoms with E-state index in [-0.39, 0.29) is 11.8 Å². The molecule has 204 valence electrons. The van der Waals surface area contributed by atoms with Gasteiger partial charge in [-0.15, -0.1) is 12.8 Å². The summed E-state index contributed by atoms with van der Waals surface area (Å²) in [6.07, 6.45) is 18.0. The minimum absolute atomic E-state index is 0.0836. The Hall–Kier alpha value is -2.45. The van der Waals surface area contributed by atoms with Crippen LogP contribution < -0.4 is 16.0 Å². The molecule has 1 unspecified atom stereocenters. The molecular formula is C30H50ClN3O2. The monoisotopic (exact) mass is 519 g/mol. The predicted octanol–water partition coefficient (Wildman–Crippen LogP) is 7.15. The number of unbranched alkanes of at least 4 members (excludes halogenated alkanes) is 2. The lowest BCUT2D eigenvalue weighted by atomic mass is 9.99. The molecule has 3 N–H and O–H groups in total. The molecule has 0 aromatic heterocycles. The molecule has 2 rings (SSSR count). The standard InChI is InChI=1S/C20H31ClN2O.C6H11NO.C2H6.C2H2/c1-4-6-7-9-17(19(22-3)8-5-2)14-20(24)23-15-16-10-12-18(21)13-11-16;1-2-5-3-4-6(8)7-5;2*1-2/h10-13,22H,4-9,14-15H2,1-3H3,(H,23,24);5H,2-4H2,1H3,(H,7,8);1-2H3;1-2H/b19-17-;;;. The van der Waals surface area contributed by atoms with Crippen LogP contribution in [0.2, 0.25) is 5.02 Å². The van der Waals surface area contributed by atoms with Gasteiger partial charge in [0.2, 0.25) is 11.8 Å². The number of benzene rings is 1. The van der Waals surface area contributed by atoms with Crippen LogP contribution in [-0.2, 0) is 16.1 Å². The van der Waals surface area contributed by atoms with Crippen LogP contribution in [0.1, 0.15) is 104 Å². The van der Waals surface area contributed by atoms with Gasteiger partial charge in [0.25, 0.3) is 0 Å². The van der Waals surface area contributed by atoms with Crippen LogP contribution in [0.4, 0.5) is 0 Å². The fourth-order valence-electron chi connectivity index (χ4n) is 3.71. The first-order chi connectivity index (χ1) is 17.4. The van der Waals surface area contributed by atoms with Crippen molar-refractivity contribution in [2.24, 2.45) is 0 Å². The molecule has 1 aromatic rings. The second-order valence-corrected chi connectivity index (χ2v) is 8.77. The van der Waals surface area contributed by atoms with Gasteiger partial charge in [-0.2, -0.15) is 0 Å². The average molecular weight is 520 g/mol. The number of carbonyl (C=O) groups is 2. The highest BCUT2D eigenvalue weighted by atomic mass is 35.5. The Bertz CT molecular complexity index is 757. The van der Waals surface area contributed by atoms with Crippen molar-refractivity contribution in [2.45, 2.75) is 111 Å². The maximum Gasteiger partial charge on any atom is 0.224 e. The molecule has 0 aliphatic carbocycles. The Morgan fingerprint density at radius 3 is 2.14 bits per heavy atom. The fourth-order valence-corrected chi connectivity index (χ4v) is 3.83. The van der Waals surface area contributed by atoms with E-state index in [0.29, 0.717) is 24.0 Å². The van der Waals surface area contributed by atoms with E-state index in [9.17, 15) is 9.59 Å². The molecule has 1 heterocycles. The van der Waals surface area contributed by atoms with Gasteiger partial charge in [0.1, 0.15) is 0 Å². The van der Waals surface area contributed by atoms with Crippen molar-refractivity contribution in [2.75, 3.05) is 7.05 Å². The summed E-state index contributed by atoms with van der Waals surface area (Å²) in [6.45, 7) is 11.0. The van der Waals surface area contributed by atoms with Gasteiger partial charge in [-0.25, -0.2) is 0 Å². The predicted molar refractivity (Wildman–Crippen MR) is 156 cm³/mol. The number of carbonyl (C=O) groups excluding carboxylic acids is 2. The van der Waals surface area contributed by atoms with E-state index in [1.165, 1.54) is 24.1 Å². The van der Waals surface area contributed by atoms with Crippen molar-refractivity contribution in [3.63, 3.8) is 0 Å². The van der Waals surface area contributed by atoms with Crippen LogP contribution in [0.5, 0.6) is 0 Å². The lowest BCUT2D eigenvalue weighted by Gasteiger charge is -2.15. The highest BCUT2D eigenvalue weighted by Crippen LogP contribution is 2.19. The molecule has 0 spiro atoms. The third kappa shape index (κ3) is 17.1. The smallest absolute Gasteiger partial charge is 0.224 e. The largest absolute Gasteiger partial charge is 0.391 e. The molecule has 6 heteroatoms. The first kappa shape index (κ1) is 35.7. The van der Waals surface area contributed by atoms with Gasteiger partial charge in [-0.1, -0.05) is 77.6 Å². The number of terminal acetylenes is 1. The molecule has 1 saturated heterocycles. The van der Waals surface area contributed by atoms with Gasteiger partial charge in [0.15, 0.2) is 0 Å². The van der Waals surface area contributed by atoms with Crippen molar-refractivity contribution >= 4 is 23.4 Å². The SMILES string of the molecule is C#C.CC.CCC1CCC(=O)N1.CCCCC/C(CC(=O)NCc1ccc(Cl)cc1)=C(\CCC)NC. The number of halogens is 1. The normalized spacial score (nSPS) is 14.4. The molecular weight excluding hydrogens is 470 g/mol. The van der Waals surface area contributed by atoms with E-state index < -0.39 is 0 Å². The van der Waals surface area contributed by atoms with Gasteiger partial charge in [0, 0.05) is 43.2 Å². The number of hydrogen-bond donors (Lipinski definition) is 3. The van der Waals surface area contributed by atoms with E-state index in [2.05, 4.69) is 49.6 Å². The summed E-state index contributed by atoms with van der Waals surface area (Å²) in [6, 6.07) is 8.05. The van der Waals surface area contributed by atoms with Gasteiger partial charge in [-0.05, 0) is 55.4 Å². The molecule has 0 saturated carbocycles. The second kappa shape index (κ2) is 24.3. The number of rotatable bonds is 12. The zero-order valence-electron chi connectivity index (χ0n) is 23.5. The third-order valence-electron chi connectivity index (χ3n) is 5.67. The summed E-state index contributed by atoms with van der Waals surface area (Å²) in [5, 5.41) is 9.89. The van der Waals surface area contributed by atoms with Crippen LogP contribution in [0.15, 0.2) is 35.5 Å². The second-order valence-electron chi connectivity index (χ2n) is 8.33. The number of amides is 2. The van der Waals surface area contributed by atoms with E-state index in [1.807, 2.05) is 45.2 Å². The first-order valence-electron chi connectivity index (χ1n) is 13.5. The van der Waals surface area contributed by atoms with E-state index >= 15 is 0 Å². The summed E-state index contributed by atoms with van der Waals surface area (Å²) in [5.74, 6) is 0.303. The minimum atomic E-state index is 0.0836. The summed E-state index contributed by atoms with van der Waals surface area (Å²) in [4.78, 5) is 22.9. The molecule has 1 fully saturated rings. The van der Waals surface area contributed by atoms with E-state index in [0.717, 1.165) is 50.5 Å². The molecule has 1 atom stereocenters. The summed E-state index contributed by atoms with van der Waals surface area (Å²) < 4.78 is 0. The summed E-state index contributed by atoms with van der Waals surface area (Å²) in [5.41, 5.74) is 3.54. The Morgan fingerprint density at radius 1 is 1.06 bits per heavy atom. The number of hydrogen-bond acceptors (Lipinski definition) is 3. The molecule has 0 radical (unpaired) electrons. The summed E-state index contributed by atoms with van der Waals surface area (Å²) in [7, 11) is 1.95. The molecule has 1 aromatic carbocycles. The number of nitrogens with one attached hydrogen (secondary N) is 3. The van der Waals surface area contributed by atoms with E-state index in [1.54, 1.807) is 0 Å². The highest BCUT2D eigenvalue weighted by Gasteiger charge is 2.17.